The molecule has 4 rings (SSSR count). The molecular weight excluding hydrogens is 334 g/mol. The van der Waals surface area contributed by atoms with Gasteiger partial charge in [0.25, 0.3) is 0 Å². The Morgan fingerprint density at radius 1 is 1.00 bits per heavy atom. The second-order valence-electron chi connectivity index (χ2n) is 8.20. The molecule has 0 atom stereocenters. The van der Waals surface area contributed by atoms with E-state index in [1.807, 2.05) is 6.07 Å². The molecule has 1 aromatic heterocycles. The van der Waals surface area contributed by atoms with Crippen LogP contribution in [0.15, 0.2) is 48.5 Å². The quantitative estimate of drug-likeness (QED) is 0.611. The standard InChI is InChI=1S/C24H25NO2/c1-24(2,3)17-12-9-16(10-13-17)20-19-14-11-15-7-5-6-8-18(15)21(19)25-22(20)23(26)27-4/h5-10,12-13,25H,11,14H2,1-4H3. The third-order valence-corrected chi connectivity index (χ3v) is 5.46. The van der Waals surface area contributed by atoms with Crippen LogP contribution in [0.1, 0.15) is 48.0 Å². The van der Waals surface area contributed by atoms with Crippen molar-refractivity contribution >= 4 is 5.97 Å². The molecular formula is C24H25NO2. The Kier molecular flexibility index (Phi) is 4.18. The minimum atomic E-state index is -0.322. The van der Waals surface area contributed by atoms with Crippen LogP contribution in [0.2, 0.25) is 0 Å². The van der Waals surface area contributed by atoms with Crippen LogP contribution in [0.3, 0.4) is 0 Å². The Labute approximate surface area is 160 Å². The second-order valence-corrected chi connectivity index (χ2v) is 8.20. The number of aryl methyl sites for hydroxylation is 1. The van der Waals surface area contributed by atoms with Gasteiger partial charge in [-0.2, -0.15) is 0 Å². The molecule has 0 saturated heterocycles. The molecule has 1 aliphatic carbocycles. The predicted octanol–water partition coefficient (Wildman–Crippen LogP) is 5.53. The molecule has 3 nitrogen and oxygen atoms in total. The van der Waals surface area contributed by atoms with Crippen molar-refractivity contribution in [3.05, 3.63) is 70.9 Å². The molecule has 3 aromatic rings. The number of rotatable bonds is 2. The molecule has 0 saturated carbocycles. The Balaban J connectivity index is 1.91. The fourth-order valence-electron chi connectivity index (χ4n) is 3.97. The summed E-state index contributed by atoms with van der Waals surface area (Å²) in [4.78, 5) is 15.9. The highest BCUT2D eigenvalue weighted by Gasteiger charge is 2.28. The zero-order chi connectivity index (χ0) is 19.2. The molecule has 0 aliphatic heterocycles. The Morgan fingerprint density at radius 2 is 1.70 bits per heavy atom. The summed E-state index contributed by atoms with van der Waals surface area (Å²) in [6, 6.07) is 17.0. The second kappa shape index (κ2) is 6.41. The van der Waals surface area contributed by atoms with Gasteiger partial charge in [-0.3, -0.25) is 0 Å². The summed E-state index contributed by atoms with van der Waals surface area (Å²) >= 11 is 0. The molecule has 0 unspecified atom stereocenters. The Morgan fingerprint density at radius 3 is 2.37 bits per heavy atom. The first-order valence-corrected chi connectivity index (χ1v) is 9.42. The lowest BCUT2D eigenvalue weighted by atomic mass is 9.84. The van der Waals surface area contributed by atoms with Gasteiger partial charge in [0.15, 0.2) is 0 Å². The number of aromatic amines is 1. The van der Waals surface area contributed by atoms with Gasteiger partial charge >= 0.3 is 5.97 Å². The van der Waals surface area contributed by atoms with Gasteiger partial charge in [-0.05, 0) is 40.5 Å². The summed E-state index contributed by atoms with van der Waals surface area (Å²) in [7, 11) is 1.43. The van der Waals surface area contributed by atoms with Crippen LogP contribution >= 0.6 is 0 Å². The summed E-state index contributed by atoms with van der Waals surface area (Å²) < 4.78 is 5.07. The third-order valence-electron chi connectivity index (χ3n) is 5.46. The highest BCUT2D eigenvalue weighted by atomic mass is 16.5. The molecule has 1 N–H and O–H groups in total. The van der Waals surface area contributed by atoms with E-state index in [-0.39, 0.29) is 11.4 Å². The fraction of sp³-hybridized carbons (Fsp3) is 0.292. The molecule has 3 heteroatoms. The van der Waals surface area contributed by atoms with Crippen molar-refractivity contribution in [1.29, 1.82) is 0 Å². The number of benzene rings is 2. The average molecular weight is 359 g/mol. The first kappa shape index (κ1) is 17.6. The SMILES string of the molecule is COC(=O)c1[nH]c2c(c1-c1ccc(C(C)(C)C)cc1)CCc1ccccc1-2. The number of aromatic nitrogens is 1. The van der Waals surface area contributed by atoms with E-state index in [1.54, 1.807) is 0 Å². The van der Waals surface area contributed by atoms with Crippen LogP contribution in [0.25, 0.3) is 22.4 Å². The van der Waals surface area contributed by atoms with Gasteiger partial charge in [-0.1, -0.05) is 69.3 Å². The van der Waals surface area contributed by atoms with Gasteiger partial charge in [0.1, 0.15) is 5.69 Å². The molecule has 0 fully saturated rings. The first-order valence-electron chi connectivity index (χ1n) is 9.42. The Bertz CT molecular complexity index is 1000. The number of methoxy groups -OCH3 is 1. The molecule has 0 radical (unpaired) electrons. The van der Waals surface area contributed by atoms with Crippen molar-refractivity contribution in [1.82, 2.24) is 4.98 Å². The highest BCUT2D eigenvalue weighted by molar-refractivity contribution is 5.99. The van der Waals surface area contributed by atoms with Crippen LogP contribution < -0.4 is 0 Å². The van der Waals surface area contributed by atoms with Gasteiger partial charge in [0.05, 0.1) is 12.8 Å². The van der Waals surface area contributed by atoms with E-state index in [2.05, 4.69) is 68.2 Å². The van der Waals surface area contributed by atoms with Crippen molar-refractivity contribution in [3.8, 4) is 22.4 Å². The average Bonchev–Trinajstić information content (AvgIpc) is 3.07. The summed E-state index contributed by atoms with van der Waals surface area (Å²) in [5.74, 6) is -0.322. The maximum absolute atomic E-state index is 12.5. The number of carbonyl (C=O) groups excluding carboxylic acids is 1. The number of ether oxygens (including phenoxy) is 1. The molecule has 2 aromatic carbocycles. The topological polar surface area (TPSA) is 42.1 Å². The summed E-state index contributed by atoms with van der Waals surface area (Å²) in [5, 5.41) is 0. The zero-order valence-electron chi connectivity index (χ0n) is 16.3. The summed E-state index contributed by atoms with van der Waals surface area (Å²) in [5.41, 5.74) is 8.71. The number of carbonyl (C=O) groups is 1. The van der Waals surface area contributed by atoms with Gasteiger partial charge < -0.3 is 9.72 Å². The maximum Gasteiger partial charge on any atom is 0.355 e. The smallest absolute Gasteiger partial charge is 0.355 e. The van der Waals surface area contributed by atoms with E-state index in [1.165, 1.54) is 29.4 Å². The van der Waals surface area contributed by atoms with E-state index in [0.29, 0.717) is 5.69 Å². The van der Waals surface area contributed by atoms with Gasteiger partial charge in [-0.15, -0.1) is 0 Å². The minimum Gasteiger partial charge on any atom is -0.464 e. The number of fused-ring (bicyclic) bond motifs is 3. The zero-order valence-corrected chi connectivity index (χ0v) is 16.3. The highest BCUT2D eigenvalue weighted by Crippen LogP contribution is 2.41. The van der Waals surface area contributed by atoms with Crippen LogP contribution in [0.5, 0.6) is 0 Å². The normalized spacial score (nSPS) is 13.0. The van der Waals surface area contributed by atoms with Crippen LogP contribution in [0.4, 0.5) is 0 Å². The number of nitrogens with one attached hydrogen (secondary N) is 1. The third kappa shape index (κ3) is 2.97. The van der Waals surface area contributed by atoms with Gasteiger partial charge in [0.2, 0.25) is 0 Å². The van der Waals surface area contributed by atoms with E-state index in [9.17, 15) is 4.79 Å². The van der Waals surface area contributed by atoms with E-state index >= 15 is 0 Å². The van der Waals surface area contributed by atoms with Crippen LogP contribution in [-0.2, 0) is 23.0 Å². The molecule has 1 aliphatic rings. The largest absolute Gasteiger partial charge is 0.464 e. The molecule has 0 spiro atoms. The van der Waals surface area contributed by atoms with Gasteiger partial charge in [0, 0.05) is 11.1 Å². The summed E-state index contributed by atoms with van der Waals surface area (Å²) in [6.07, 6.45) is 1.89. The Hall–Kier alpha value is -2.81. The van der Waals surface area contributed by atoms with Crippen molar-refractivity contribution in [2.75, 3.05) is 7.11 Å². The maximum atomic E-state index is 12.5. The lowest BCUT2D eigenvalue weighted by Gasteiger charge is -2.20. The van der Waals surface area contributed by atoms with Crippen molar-refractivity contribution in [2.24, 2.45) is 0 Å². The number of hydrogen-bond acceptors (Lipinski definition) is 2. The summed E-state index contributed by atoms with van der Waals surface area (Å²) in [6.45, 7) is 6.62. The lowest BCUT2D eigenvalue weighted by molar-refractivity contribution is 0.0596. The predicted molar refractivity (Wildman–Crippen MR) is 109 cm³/mol. The van der Waals surface area contributed by atoms with Crippen molar-refractivity contribution in [3.63, 3.8) is 0 Å². The lowest BCUT2D eigenvalue weighted by Crippen LogP contribution is -2.10. The number of H-pyrrole nitrogens is 1. The molecule has 0 amide bonds. The molecule has 27 heavy (non-hydrogen) atoms. The van der Waals surface area contributed by atoms with E-state index in [4.69, 9.17) is 4.74 Å². The monoisotopic (exact) mass is 359 g/mol. The first-order chi connectivity index (χ1) is 12.9. The number of hydrogen-bond donors (Lipinski definition) is 1. The molecule has 138 valence electrons. The van der Waals surface area contributed by atoms with Crippen molar-refractivity contribution < 1.29 is 9.53 Å². The molecule has 0 bridgehead atoms. The number of esters is 1. The minimum absolute atomic E-state index is 0.0974. The van der Waals surface area contributed by atoms with E-state index < -0.39 is 0 Å². The van der Waals surface area contributed by atoms with Crippen LogP contribution in [-0.4, -0.2) is 18.1 Å². The van der Waals surface area contributed by atoms with Crippen molar-refractivity contribution in [2.45, 2.75) is 39.0 Å². The van der Waals surface area contributed by atoms with Gasteiger partial charge in [-0.25, -0.2) is 4.79 Å². The van der Waals surface area contributed by atoms with E-state index in [0.717, 1.165) is 29.7 Å². The van der Waals surface area contributed by atoms with Crippen LogP contribution in [0, 0.1) is 0 Å². The fourth-order valence-corrected chi connectivity index (χ4v) is 3.97. The molecule has 1 heterocycles.